The van der Waals surface area contributed by atoms with Gasteiger partial charge >= 0.3 is 0 Å². The van der Waals surface area contributed by atoms with Crippen molar-refractivity contribution in [1.29, 1.82) is 0 Å². The van der Waals surface area contributed by atoms with Gasteiger partial charge in [0.25, 0.3) is 0 Å². The van der Waals surface area contributed by atoms with Gasteiger partial charge in [-0.3, -0.25) is 0 Å². The van der Waals surface area contributed by atoms with Crippen LogP contribution < -0.4 is 5.43 Å². The summed E-state index contributed by atoms with van der Waals surface area (Å²) in [5, 5.41) is 4.27. The predicted molar refractivity (Wildman–Crippen MR) is 47.9 cm³/mol. The highest BCUT2D eigenvalue weighted by Gasteiger charge is 2.25. The van der Waals surface area contributed by atoms with Gasteiger partial charge in [-0.05, 0) is 0 Å². The van der Waals surface area contributed by atoms with E-state index in [4.69, 9.17) is 0 Å². The molecule has 0 saturated carbocycles. The number of fused-ring (bicyclic) bond motifs is 3. The zero-order chi connectivity index (χ0) is 7.97. The fourth-order valence-electron chi connectivity index (χ4n) is 1.78. The lowest BCUT2D eigenvalue weighted by Gasteiger charge is -2.10. The predicted octanol–water partition coefficient (Wildman–Crippen LogP) is 0.965. The van der Waals surface area contributed by atoms with Gasteiger partial charge in [0.15, 0.2) is 0 Å². The molecular formula is C9H9N3. The topological polar surface area (TPSA) is 40.2 Å². The Labute approximate surface area is 70.2 Å². The highest BCUT2D eigenvalue weighted by molar-refractivity contribution is 6.08. The van der Waals surface area contributed by atoms with Gasteiger partial charge in [0.1, 0.15) is 0 Å². The molecule has 0 bridgehead atoms. The Morgan fingerprint density at radius 1 is 1.42 bits per heavy atom. The summed E-state index contributed by atoms with van der Waals surface area (Å²) < 4.78 is 0. The second-order valence-corrected chi connectivity index (χ2v) is 3.15. The number of aromatic nitrogens is 1. The number of hydrazone groups is 1. The van der Waals surface area contributed by atoms with Crippen LogP contribution >= 0.6 is 0 Å². The van der Waals surface area contributed by atoms with Crippen molar-refractivity contribution in [2.75, 3.05) is 6.54 Å². The monoisotopic (exact) mass is 159 g/mol. The van der Waals surface area contributed by atoms with Gasteiger partial charge in [0.05, 0.1) is 5.71 Å². The third-order valence-electron chi connectivity index (χ3n) is 2.42. The molecule has 1 aromatic heterocycles. The summed E-state index contributed by atoms with van der Waals surface area (Å²) in [4.78, 5) is 3.09. The first-order chi connectivity index (χ1) is 5.95. The van der Waals surface area contributed by atoms with Crippen molar-refractivity contribution >= 4 is 11.8 Å². The lowest BCUT2D eigenvalue weighted by atomic mass is 9.91. The summed E-state index contributed by atoms with van der Waals surface area (Å²) in [6, 6.07) is 0. The maximum Gasteiger partial charge on any atom is 0.0783 e. The minimum atomic E-state index is 0.480. The van der Waals surface area contributed by atoms with E-state index in [0.29, 0.717) is 5.92 Å². The van der Waals surface area contributed by atoms with Gasteiger partial charge in [-0.1, -0.05) is 12.2 Å². The Morgan fingerprint density at radius 2 is 2.42 bits per heavy atom. The molecule has 0 spiro atoms. The average Bonchev–Trinajstić information content (AvgIpc) is 2.71. The molecule has 2 N–H and O–H groups in total. The molecule has 3 nitrogen and oxygen atoms in total. The number of nitrogens with zero attached hydrogens (tertiary/aromatic N) is 1. The molecule has 2 heterocycles. The van der Waals surface area contributed by atoms with Gasteiger partial charge in [0, 0.05) is 36.0 Å². The summed E-state index contributed by atoms with van der Waals surface area (Å²) in [5.41, 5.74) is 6.68. The summed E-state index contributed by atoms with van der Waals surface area (Å²) in [6.07, 6.45) is 8.37. The summed E-state index contributed by atoms with van der Waals surface area (Å²) in [6.45, 7) is 0.941. The van der Waals surface area contributed by atoms with Crippen LogP contribution in [0.3, 0.4) is 0 Å². The van der Waals surface area contributed by atoms with Crippen LogP contribution in [0.4, 0.5) is 0 Å². The molecule has 0 saturated heterocycles. The van der Waals surface area contributed by atoms with Crippen LogP contribution in [0, 0.1) is 5.92 Å². The Kier molecular flexibility index (Phi) is 1.01. The number of nitrogens with one attached hydrogen (secondary N) is 2. The summed E-state index contributed by atoms with van der Waals surface area (Å²) in [5.74, 6) is 0.480. The highest BCUT2D eigenvalue weighted by atomic mass is 15.3. The third kappa shape index (κ3) is 0.630. The van der Waals surface area contributed by atoms with Crippen LogP contribution in [0.15, 0.2) is 23.6 Å². The minimum Gasteiger partial charge on any atom is -0.366 e. The Bertz CT molecular complexity index is 373. The molecular weight excluding hydrogens is 150 g/mol. The first-order valence-corrected chi connectivity index (χ1v) is 4.11. The normalized spacial score (nSPS) is 24.3. The Balaban J connectivity index is 2.23. The van der Waals surface area contributed by atoms with Gasteiger partial charge in [-0.2, -0.15) is 5.10 Å². The molecule has 1 unspecified atom stereocenters. The molecule has 0 aromatic carbocycles. The number of hydrogen-bond donors (Lipinski definition) is 2. The van der Waals surface area contributed by atoms with E-state index < -0.39 is 0 Å². The zero-order valence-corrected chi connectivity index (χ0v) is 6.54. The van der Waals surface area contributed by atoms with E-state index in [1.165, 1.54) is 16.8 Å². The van der Waals surface area contributed by atoms with E-state index in [9.17, 15) is 0 Å². The lowest BCUT2D eigenvalue weighted by Crippen LogP contribution is -2.16. The van der Waals surface area contributed by atoms with E-state index in [1.807, 2.05) is 12.4 Å². The fourth-order valence-corrected chi connectivity index (χ4v) is 1.78. The lowest BCUT2D eigenvalue weighted by molar-refractivity contribution is 0.749. The standard InChI is InChI=1S/C9H9N3/c1-2-7-4-11-12-9(7)8-5-10-3-6(1)8/h1-3,5,7,10-11H,4H2. The van der Waals surface area contributed by atoms with Crippen molar-refractivity contribution in [3.8, 4) is 0 Å². The second-order valence-electron chi connectivity index (χ2n) is 3.15. The van der Waals surface area contributed by atoms with Crippen molar-refractivity contribution in [2.24, 2.45) is 11.0 Å². The zero-order valence-electron chi connectivity index (χ0n) is 6.54. The molecule has 0 amide bonds. The number of aromatic amines is 1. The summed E-state index contributed by atoms with van der Waals surface area (Å²) in [7, 11) is 0. The van der Waals surface area contributed by atoms with Crippen molar-refractivity contribution in [1.82, 2.24) is 10.4 Å². The molecule has 12 heavy (non-hydrogen) atoms. The van der Waals surface area contributed by atoms with Gasteiger partial charge in [-0.25, -0.2) is 0 Å². The van der Waals surface area contributed by atoms with Gasteiger partial charge in [0.2, 0.25) is 0 Å². The molecule has 0 radical (unpaired) electrons. The minimum absolute atomic E-state index is 0.480. The van der Waals surface area contributed by atoms with E-state index in [1.54, 1.807) is 0 Å². The number of hydrogen-bond acceptors (Lipinski definition) is 2. The molecule has 0 fully saturated rings. The molecule has 3 rings (SSSR count). The van der Waals surface area contributed by atoms with Crippen LogP contribution in [0.2, 0.25) is 0 Å². The quantitative estimate of drug-likeness (QED) is 0.581. The van der Waals surface area contributed by atoms with Gasteiger partial charge < -0.3 is 10.4 Å². The summed E-state index contributed by atoms with van der Waals surface area (Å²) >= 11 is 0. The highest BCUT2D eigenvalue weighted by Crippen LogP contribution is 2.24. The first kappa shape index (κ1) is 6.06. The molecule has 1 atom stereocenters. The van der Waals surface area contributed by atoms with E-state index in [-0.39, 0.29) is 0 Å². The maximum atomic E-state index is 4.27. The largest absolute Gasteiger partial charge is 0.366 e. The van der Waals surface area contributed by atoms with E-state index >= 15 is 0 Å². The Hall–Kier alpha value is -1.51. The first-order valence-electron chi connectivity index (χ1n) is 4.11. The van der Waals surface area contributed by atoms with E-state index in [0.717, 1.165) is 6.54 Å². The van der Waals surface area contributed by atoms with E-state index in [2.05, 4.69) is 27.7 Å². The van der Waals surface area contributed by atoms with Crippen molar-refractivity contribution in [2.45, 2.75) is 0 Å². The van der Waals surface area contributed by atoms with Crippen LogP contribution in [-0.2, 0) is 0 Å². The van der Waals surface area contributed by atoms with Gasteiger partial charge in [-0.15, -0.1) is 0 Å². The Morgan fingerprint density at radius 3 is 3.42 bits per heavy atom. The van der Waals surface area contributed by atoms with Crippen LogP contribution in [0.25, 0.3) is 6.08 Å². The van der Waals surface area contributed by atoms with Crippen LogP contribution in [0.1, 0.15) is 11.1 Å². The fraction of sp³-hybridized carbons (Fsp3) is 0.222. The number of rotatable bonds is 0. The van der Waals surface area contributed by atoms with Crippen molar-refractivity contribution in [3.63, 3.8) is 0 Å². The second kappa shape index (κ2) is 2.00. The molecule has 2 aliphatic rings. The molecule has 60 valence electrons. The van der Waals surface area contributed by atoms with Crippen LogP contribution in [-0.4, -0.2) is 17.2 Å². The average molecular weight is 159 g/mol. The van der Waals surface area contributed by atoms with Crippen molar-refractivity contribution in [3.05, 3.63) is 29.6 Å². The van der Waals surface area contributed by atoms with Crippen molar-refractivity contribution < 1.29 is 0 Å². The SMILES string of the molecule is C1=CC2CNN=C2c2c[nH]cc21. The molecule has 1 aliphatic carbocycles. The number of H-pyrrole nitrogens is 1. The molecule has 1 aromatic rings. The molecule has 3 heteroatoms. The smallest absolute Gasteiger partial charge is 0.0783 e. The van der Waals surface area contributed by atoms with Crippen LogP contribution in [0.5, 0.6) is 0 Å². The molecule has 1 aliphatic heterocycles. The third-order valence-corrected chi connectivity index (χ3v) is 2.42. The maximum absolute atomic E-state index is 4.27.